The molecule has 7 nitrogen and oxygen atoms in total. The van der Waals surface area contributed by atoms with Crippen LogP contribution in [0.25, 0.3) is 0 Å². The number of nitrogen functional groups attached to an aromatic ring is 1. The lowest BCUT2D eigenvalue weighted by molar-refractivity contribution is -0.140. The number of carbonyl (C=O) groups is 3. The summed E-state index contributed by atoms with van der Waals surface area (Å²) in [6, 6.07) is 6.69. The van der Waals surface area contributed by atoms with Crippen LogP contribution in [0.1, 0.15) is 25.3 Å². The molecular weight excluding hydrogens is 274 g/mol. The van der Waals surface area contributed by atoms with Gasteiger partial charge in [-0.25, -0.2) is 0 Å². The number of hydrogen-bond acceptors (Lipinski definition) is 4. The second-order valence-corrected chi connectivity index (χ2v) is 4.76. The quantitative estimate of drug-likeness (QED) is 0.424. The Labute approximate surface area is 122 Å². The summed E-state index contributed by atoms with van der Waals surface area (Å²) in [7, 11) is 0. The lowest BCUT2D eigenvalue weighted by atomic mass is 10.2. The Hall–Kier alpha value is -2.57. The Morgan fingerprint density at radius 3 is 2.38 bits per heavy atom. The maximum atomic E-state index is 11.7. The molecule has 0 unspecified atom stereocenters. The van der Waals surface area contributed by atoms with Crippen LogP contribution < -0.4 is 16.4 Å². The van der Waals surface area contributed by atoms with Gasteiger partial charge in [-0.15, -0.1) is 0 Å². The molecule has 2 amide bonds. The van der Waals surface area contributed by atoms with Crippen molar-refractivity contribution in [2.75, 3.05) is 5.73 Å². The van der Waals surface area contributed by atoms with Gasteiger partial charge < -0.3 is 21.5 Å². The van der Waals surface area contributed by atoms with E-state index in [-0.39, 0.29) is 12.3 Å². The molecule has 0 aromatic heterocycles. The minimum Gasteiger partial charge on any atom is -0.481 e. The van der Waals surface area contributed by atoms with Gasteiger partial charge in [-0.05, 0) is 24.6 Å². The van der Waals surface area contributed by atoms with Crippen LogP contribution >= 0.6 is 0 Å². The summed E-state index contributed by atoms with van der Waals surface area (Å²) < 4.78 is 0. The molecule has 114 valence electrons. The van der Waals surface area contributed by atoms with Crippen molar-refractivity contribution in [3.63, 3.8) is 0 Å². The number of aliphatic carboxylic acids is 1. The average Bonchev–Trinajstić information content (AvgIpc) is 2.36. The zero-order chi connectivity index (χ0) is 15.8. The summed E-state index contributed by atoms with van der Waals surface area (Å²) in [5.41, 5.74) is 7.13. The second-order valence-electron chi connectivity index (χ2n) is 4.76. The summed E-state index contributed by atoms with van der Waals surface area (Å²) in [6.07, 6.45) is -0.516. The van der Waals surface area contributed by atoms with E-state index < -0.39 is 24.3 Å². The molecule has 0 aliphatic carbocycles. The van der Waals surface area contributed by atoms with Gasteiger partial charge in [0.25, 0.3) is 0 Å². The molecule has 0 bridgehead atoms. The van der Waals surface area contributed by atoms with Crippen LogP contribution in [0, 0.1) is 0 Å². The monoisotopic (exact) mass is 293 g/mol. The molecule has 1 aromatic carbocycles. The third-order valence-corrected chi connectivity index (χ3v) is 2.68. The number of nitrogens with two attached hydrogens (primary N) is 1. The Kier molecular flexibility index (Phi) is 6.19. The number of carboxylic acids is 1. The number of hydrogen-bond donors (Lipinski definition) is 4. The van der Waals surface area contributed by atoms with Gasteiger partial charge in [0.15, 0.2) is 0 Å². The Bertz CT molecular complexity index is 513. The molecular formula is C14H19N3O4. The van der Waals surface area contributed by atoms with E-state index in [1.807, 2.05) is 12.1 Å². The molecule has 0 spiro atoms. The van der Waals surface area contributed by atoms with Gasteiger partial charge in [0.1, 0.15) is 6.42 Å². The molecule has 0 saturated heterocycles. The molecule has 0 saturated carbocycles. The minimum absolute atomic E-state index is 0.0837. The van der Waals surface area contributed by atoms with Crippen LogP contribution in [-0.4, -0.2) is 28.9 Å². The third-order valence-electron chi connectivity index (χ3n) is 2.68. The molecule has 0 heterocycles. The molecule has 7 heteroatoms. The zero-order valence-corrected chi connectivity index (χ0v) is 11.8. The van der Waals surface area contributed by atoms with Crippen LogP contribution in [0.4, 0.5) is 5.69 Å². The van der Waals surface area contributed by atoms with Gasteiger partial charge in [0, 0.05) is 24.7 Å². The van der Waals surface area contributed by atoms with Crippen LogP contribution in [-0.2, 0) is 20.9 Å². The number of carboxylic acid groups (broad SMARTS) is 1. The molecule has 1 atom stereocenters. The van der Waals surface area contributed by atoms with Gasteiger partial charge in [-0.3, -0.25) is 14.4 Å². The predicted octanol–water partition coefficient (Wildman–Crippen LogP) is 0.255. The molecule has 0 aliphatic rings. The van der Waals surface area contributed by atoms with E-state index in [0.29, 0.717) is 12.2 Å². The number of rotatable bonds is 7. The van der Waals surface area contributed by atoms with E-state index in [2.05, 4.69) is 10.6 Å². The van der Waals surface area contributed by atoms with E-state index in [4.69, 9.17) is 10.8 Å². The summed E-state index contributed by atoms with van der Waals surface area (Å²) in [5.74, 6) is -2.04. The number of carbonyl (C=O) groups excluding carboxylic acids is 2. The van der Waals surface area contributed by atoms with Crippen molar-refractivity contribution in [3.8, 4) is 0 Å². The lowest BCUT2D eigenvalue weighted by Crippen LogP contribution is -2.37. The average molecular weight is 293 g/mol. The SMILES string of the molecule is C[C@H](CC(=O)NCc1ccc(N)cc1)NC(=O)CC(=O)O. The lowest BCUT2D eigenvalue weighted by Gasteiger charge is -2.13. The normalized spacial score (nSPS) is 11.5. The highest BCUT2D eigenvalue weighted by molar-refractivity contribution is 5.93. The first-order valence-corrected chi connectivity index (χ1v) is 6.49. The van der Waals surface area contributed by atoms with Crippen LogP contribution in [0.15, 0.2) is 24.3 Å². The fourth-order valence-electron chi connectivity index (χ4n) is 1.70. The van der Waals surface area contributed by atoms with Crippen molar-refractivity contribution < 1.29 is 19.5 Å². The molecule has 21 heavy (non-hydrogen) atoms. The van der Waals surface area contributed by atoms with Crippen molar-refractivity contribution in [2.24, 2.45) is 0 Å². The number of amides is 2. The molecule has 1 rings (SSSR count). The fraction of sp³-hybridized carbons (Fsp3) is 0.357. The fourth-order valence-corrected chi connectivity index (χ4v) is 1.70. The third kappa shape index (κ3) is 6.95. The topological polar surface area (TPSA) is 122 Å². The largest absolute Gasteiger partial charge is 0.481 e. The van der Waals surface area contributed by atoms with Crippen molar-refractivity contribution in [2.45, 2.75) is 32.4 Å². The highest BCUT2D eigenvalue weighted by atomic mass is 16.4. The highest BCUT2D eigenvalue weighted by Gasteiger charge is 2.13. The molecule has 0 fully saturated rings. The van der Waals surface area contributed by atoms with Crippen molar-refractivity contribution >= 4 is 23.5 Å². The number of nitrogens with one attached hydrogen (secondary N) is 2. The molecule has 0 radical (unpaired) electrons. The predicted molar refractivity (Wildman–Crippen MR) is 77.2 cm³/mol. The first-order valence-electron chi connectivity index (χ1n) is 6.49. The summed E-state index contributed by atoms with van der Waals surface area (Å²) in [6.45, 7) is 2.01. The minimum atomic E-state index is -1.20. The van der Waals surface area contributed by atoms with Crippen LogP contribution in [0.2, 0.25) is 0 Å². The van der Waals surface area contributed by atoms with E-state index >= 15 is 0 Å². The molecule has 1 aromatic rings. The number of anilines is 1. The number of benzene rings is 1. The van der Waals surface area contributed by atoms with Crippen molar-refractivity contribution in [3.05, 3.63) is 29.8 Å². The van der Waals surface area contributed by atoms with Crippen LogP contribution in [0.5, 0.6) is 0 Å². The second kappa shape index (κ2) is 7.88. The van der Waals surface area contributed by atoms with E-state index in [1.54, 1.807) is 19.1 Å². The summed E-state index contributed by atoms with van der Waals surface area (Å²) in [4.78, 5) is 33.3. The Balaban J connectivity index is 2.31. The highest BCUT2D eigenvalue weighted by Crippen LogP contribution is 2.05. The summed E-state index contributed by atoms with van der Waals surface area (Å²) in [5, 5.41) is 13.6. The first kappa shape index (κ1) is 16.5. The van der Waals surface area contributed by atoms with Gasteiger partial charge in [-0.1, -0.05) is 12.1 Å². The molecule has 5 N–H and O–H groups in total. The van der Waals surface area contributed by atoms with Crippen molar-refractivity contribution in [1.29, 1.82) is 0 Å². The summed E-state index contributed by atoms with van der Waals surface area (Å²) >= 11 is 0. The van der Waals surface area contributed by atoms with Gasteiger partial charge in [0.2, 0.25) is 11.8 Å². The first-order chi connectivity index (χ1) is 9.86. The van der Waals surface area contributed by atoms with E-state index in [1.165, 1.54) is 0 Å². The van der Waals surface area contributed by atoms with Gasteiger partial charge >= 0.3 is 5.97 Å². The van der Waals surface area contributed by atoms with E-state index in [9.17, 15) is 14.4 Å². The Morgan fingerprint density at radius 1 is 1.19 bits per heavy atom. The Morgan fingerprint density at radius 2 is 1.81 bits per heavy atom. The smallest absolute Gasteiger partial charge is 0.312 e. The zero-order valence-electron chi connectivity index (χ0n) is 11.8. The standard InChI is InChI=1S/C14H19N3O4/c1-9(17-13(19)7-14(20)21)6-12(18)16-8-10-2-4-11(15)5-3-10/h2-5,9H,6-8,15H2,1H3,(H,16,18)(H,17,19)(H,20,21)/t9-/m1/s1. The van der Waals surface area contributed by atoms with Crippen LogP contribution in [0.3, 0.4) is 0 Å². The van der Waals surface area contributed by atoms with E-state index in [0.717, 1.165) is 5.56 Å². The molecule has 0 aliphatic heterocycles. The van der Waals surface area contributed by atoms with Gasteiger partial charge in [0.05, 0.1) is 0 Å². The van der Waals surface area contributed by atoms with Crippen molar-refractivity contribution in [1.82, 2.24) is 10.6 Å². The maximum Gasteiger partial charge on any atom is 0.312 e. The van der Waals surface area contributed by atoms with Gasteiger partial charge in [-0.2, -0.15) is 0 Å². The maximum absolute atomic E-state index is 11.7.